The van der Waals surface area contributed by atoms with Crippen LogP contribution in [0.15, 0.2) is 18.2 Å². The number of benzene rings is 1. The zero-order valence-corrected chi connectivity index (χ0v) is 12.1. The largest absolute Gasteiger partial charge is 0.330 e. The maximum atomic E-state index is 13.3. The van der Waals surface area contributed by atoms with Crippen molar-refractivity contribution in [3.8, 4) is 0 Å². The maximum Gasteiger partial charge on any atom is 0.227 e. The molecule has 0 radical (unpaired) electrons. The molecule has 1 heterocycles. The van der Waals surface area contributed by atoms with E-state index in [0.29, 0.717) is 25.4 Å². The van der Waals surface area contributed by atoms with Gasteiger partial charge in [-0.1, -0.05) is 19.4 Å². The lowest BCUT2D eigenvalue weighted by atomic mass is 9.96. The molecule has 0 spiro atoms. The SMILES string of the molecule is CCC(CCN)CCC(=O)N1CCc2ccc(F)cc21. The van der Waals surface area contributed by atoms with Crippen molar-refractivity contribution in [1.82, 2.24) is 0 Å². The van der Waals surface area contributed by atoms with Crippen molar-refractivity contribution in [2.24, 2.45) is 11.7 Å². The minimum Gasteiger partial charge on any atom is -0.330 e. The highest BCUT2D eigenvalue weighted by Gasteiger charge is 2.25. The number of hydrogen-bond donors (Lipinski definition) is 1. The molecule has 1 aliphatic heterocycles. The van der Waals surface area contributed by atoms with Gasteiger partial charge in [-0.05, 0) is 49.4 Å². The average Bonchev–Trinajstić information content (AvgIpc) is 2.86. The lowest BCUT2D eigenvalue weighted by Crippen LogP contribution is -2.29. The van der Waals surface area contributed by atoms with E-state index < -0.39 is 0 Å². The molecule has 110 valence electrons. The molecule has 0 saturated carbocycles. The van der Waals surface area contributed by atoms with Crippen molar-refractivity contribution < 1.29 is 9.18 Å². The minimum absolute atomic E-state index is 0.102. The molecule has 3 nitrogen and oxygen atoms in total. The second kappa shape index (κ2) is 6.84. The average molecular weight is 278 g/mol. The number of halogens is 1. The van der Waals surface area contributed by atoms with Crippen LogP contribution in [0.25, 0.3) is 0 Å². The van der Waals surface area contributed by atoms with E-state index in [1.54, 1.807) is 11.0 Å². The maximum absolute atomic E-state index is 13.3. The Bertz CT molecular complexity index is 476. The van der Waals surface area contributed by atoms with Crippen molar-refractivity contribution >= 4 is 11.6 Å². The summed E-state index contributed by atoms with van der Waals surface area (Å²) in [7, 11) is 0. The van der Waals surface area contributed by atoms with E-state index in [4.69, 9.17) is 5.73 Å². The predicted molar refractivity (Wildman–Crippen MR) is 79.1 cm³/mol. The molecule has 1 atom stereocenters. The van der Waals surface area contributed by atoms with Crippen LogP contribution in [-0.2, 0) is 11.2 Å². The van der Waals surface area contributed by atoms with E-state index in [1.807, 2.05) is 0 Å². The molecule has 1 unspecified atom stereocenters. The first-order valence-electron chi connectivity index (χ1n) is 7.44. The van der Waals surface area contributed by atoms with Crippen LogP contribution in [0.2, 0.25) is 0 Å². The number of hydrogen-bond acceptors (Lipinski definition) is 2. The van der Waals surface area contributed by atoms with E-state index in [-0.39, 0.29) is 11.7 Å². The molecule has 2 rings (SSSR count). The van der Waals surface area contributed by atoms with Gasteiger partial charge in [0.15, 0.2) is 0 Å². The van der Waals surface area contributed by atoms with Gasteiger partial charge in [0.1, 0.15) is 5.82 Å². The highest BCUT2D eigenvalue weighted by molar-refractivity contribution is 5.95. The van der Waals surface area contributed by atoms with Crippen molar-refractivity contribution in [3.05, 3.63) is 29.6 Å². The van der Waals surface area contributed by atoms with Gasteiger partial charge in [-0.3, -0.25) is 4.79 Å². The highest BCUT2D eigenvalue weighted by Crippen LogP contribution is 2.29. The highest BCUT2D eigenvalue weighted by atomic mass is 19.1. The smallest absolute Gasteiger partial charge is 0.227 e. The van der Waals surface area contributed by atoms with Crippen LogP contribution in [0.4, 0.5) is 10.1 Å². The third-order valence-corrected chi connectivity index (χ3v) is 4.16. The van der Waals surface area contributed by atoms with Gasteiger partial charge in [0.2, 0.25) is 5.91 Å². The Labute approximate surface area is 120 Å². The number of rotatable bonds is 6. The van der Waals surface area contributed by atoms with Gasteiger partial charge in [0.05, 0.1) is 0 Å². The standard InChI is InChI=1S/C16H23FN2O/c1-2-12(7-9-18)3-6-16(20)19-10-8-13-4-5-14(17)11-15(13)19/h4-5,11-12H,2-3,6-10,18H2,1H3. The Balaban J connectivity index is 1.96. The molecule has 0 fully saturated rings. The monoisotopic (exact) mass is 278 g/mol. The number of carbonyl (C=O) groups excluding carboxylic acids is 1. The number of carbonyl (C=O) groups is 1. The van der Waals surface area contributed by atoms with Crippen molar-refractivity contribution in [3.63, 3.8) is 0 Å². The second-order valence-electron chi connectivity index (χ2n) is 5.46. The number of fused-ring (bicyclic) bond motifs is 1. The van der Waals surface area contributed by atoms with Gasteiger partial charge in [0.25, 0.3) is 0 Å². The lowest BCUT2D eigenvalue weighted by Gasteiger charge is -2.19. The topological polar surface area (TPSA) is 46.3 Å². The fourth-order valence-corrected chi connectivity index (χ4v) is 2.86. The normalized spacial score (nSPS) is 15.2. The summed E-state index contributed by atoms with van der Waals surface area (Å²) in [6.45, 7) is 3.47. The molecule has 1 aliphatic rings. The van der Waals surface area contributed by atoms with Gasteiger partial charge >= 0.3 is 0 Å². The number of nitrogens with two attached hydrogens (primary N) is 1. The Morgan fingerprint density at radius 3 is 2.95 bits per heavy atom. The first-order chi connectivity index (χ1) is 9.65. The molecular formula is C16H23FN2O. The van der Waals surface area contributed by atoms with E-state index in [1.165, 1.54) is 12.1 Å². The predicted octanol–water partition coefficient (Wildman–Crippen LogP) is 2.87. The molecule has 2 N–H and O–H groups in total. The zero-order valence-electron chi connectivity index (χ0n) is 12.1. The summed E-state index contributed by atoms with van der Waals surface area (Å²) in [5, 5.41) is 0. The van der Waals surface area contributed by atoms with Crippen molar-refractivity contribution in [1.29, 1.82) is 0 Å². The molecule has 1 aromatic carbocycles. The Morgan fingerprint density at radius 2 is 2.25 bits per heavy atom. The summed E-state index contributed by atoms with van der Waals surface area (Å²) in [4.78, 5) is 14.0. The number of nitrogens with zero attached hydrogens (tertiary/aromatic N) is 1. The lowest BCUT2D eigenvalue weighted by molar-refractivity contribution is -0.118. The minimum atomic E-state index is -0.280. The molecule has 0 saturated heterocycles. The van der Waals surface area contributed by atoms with Crippen LogP contribution in [-0.4, -0.2) is 19.0 Å². The molecule has 1 amide bonds. The number of amides is 1. The van der Waals surface area contributed by atoms with Gasteiger partial charge < -0.3 is 10.6 Å². The second-order valence-corrected chi connectivity index (χ2v) is 5.46. The molecular weight excluding hydrogens is 255 g/mol. The molecule has 0 aromatic heterocycles. The molecule has 0 bridgehead atoms. The molecule has 0 aliphatic carbocycles. The summed E-state index contributed by atoms with van der Waals surface area (Å²) >= 11 is 0. The van der Waals surface area contributed by atoms with Crippen LogP contribution in [0.5, 0.6) is 0 Å². The third-order valence-electron chi connectivity index (χ3n) is 4.16. The van der Waals surface area contributed by atoms with Crippen molar-refractivity contribution in [2.45, 2.75) is 39.0 Å². The fraction of sp³-hybridized carbons (Fsp3) is 0.562. The van der Waals surface area contributed by atoms with Crippen LogP contribution in [0, 0.1) is 11.7 Å². The van der Waals surface area contributed by atoms with Gasteiger partial charge in [-0.15, -0.1) is 0 Å². The van der Waals surface area contributed by atoms with Gasteiger partial charge in [0, 0.05) is 18.7 Å². The number of anilines is 1. The summed E-state index contributed by atoms with van der Waals surface area (Å²) in [6, 6.07) is 4.71. The van der Waals surface area contributed by atoms with E-state index in [9.17, 15) is 9.18 Å². The quantitative estimate of drug-likeness (QED) is 0.869. The Kier molecular flexibility index (Phi) is 5.12. The van der Waals surface area contributed by atoms with Crippen LogP contribution >= 0.6 is 0 Å². The summed E-state index contributed by atoms with van der Waals surface area (Å²) in [5.74, 6) is 0.335. The Hall–Kier alpha value is -1.42. The van der Waals surface area contributed by atoms with Crippen LogP contribution in [0.1, 0.15) is 38.2 Å². The zero-order chi connectivity index (χ0) is 14.5. The Morgan fingerprint density at radius 1 is 1.45 bits per heavy atom. The van der Waals surface area contributed by atoms with E-state index in [0.717, 1.165) is 36.9 Å². The fourth-order valence-electron chi connectivity index (χ4n) is 2.86. The van der Waals surface area contributed by atoms with Gasteiger partial charge in [-0.25, -0.2) is 4.39 Å². The van der Waals surface area contributed by atoms with Crippen molar-refractivity contribution in [2.75, 3.05) is 18.0 Å². The van der Waals surface area contributed by atoms with E-state index in [2.05, 4.69) is 6.92 Å². The van der Waals surface area contributed by atoms with E-state index >= 15 is 0 Å². The first kappa shape index (κ1) is 15.0. The first-order valence-corrected chi connectivity index (χ1v) is 7.44. The van der Waals surface area contributed by atoms with Gasteiger partial charge in [-0.2, -0.15) is 0 Å². The molecule has 4 heteroatoms. The third kappa shape index (κ3) is 3.37. The molecule has 20 heavy (non-hydrogen) atoms. The van der Waals surface area contributed by atoms with Crippen LogP contribution in [0.3, 0.4) is 0 Å². The summed E-state index contributed by atoms with van der Waals surface area (Å²) in [6.07, 6.45) is 4.23. The molecule has 1 aromatic rings. The summed E-state index contributed by atoms with van der Waals surface area (Å²) in [5.41, 5.74) is 7.39. The van der Waals surface area contributed by atoms with Crippen LogP contribution < -0.4 is 10.6 Å². The summed E-state index contributed by atoms with van der Waals surface area (Å²) < 4.78 is 13.3.